The molecule has 2 unspecified atom stereocenters. The highest BCUT2D eigenvalue weighted by Crippen LogP contribution is 2.38. The summed E-state index contributed by atoms with van der Waals surface area (Å²) in [6.45, 7) is 1.83. The highest BCUT2D eigenvalue weighted by atomic mass is 32.2. The molecule has 5 heteroatoms. The third-order valence-corrected chi connectivity index (χ3v) is 5.14. The largest absolute Gasteiger partial charge is 0.374 e. The molecule has 0 radical (unpaired) electrons. The van der Waals surface area contributed by atoms with Gasteiger partial charge in [0.05, 0.1) is 11.8 Å². The van der Waals surface area contributed by atoms with Crippen LogP contribution in [0.3, 0.4) is 0 Å². The topological polar surface area (TPSA) is 39.1 Å². The number of nitrogens with zero attached hydrogens (tertiary/aromatic N) is 2. The molecule has 2 aliphatic rings. The zero-order valence-electron chi connectivity index (χ0n) is 10.9. The van der Waals surface area contributed by atoms with E-state index in [2.05, 4.69) is 16.6 Å². The van der Waals surface area contributed by atoms with Crippen LogP contribution in [-0.4, -0.2) is 39.5 Å². The van der Waals surface area contributed by atoms with Gasteiger partial charge in [-0.05, 0) is 25.0 Å². The van der Waals surface area contributed by atoms with E-state index in [0.29, 0.717) is 6.04 Å². The molecule has 0 amide bonds. The van der Waals surface area contributed by atoms with Crippen LogP contribution in [0.15, 0.2) is 12.4 Å². The lowest BCUT2D eigenvalue weighted by Gasteiger charge is -2.38. The number of aryl methyl sites for hydroxylation is 1. The molecule has 0 aromatic carbocycles. The van der Waals surface area contributed by atoms with Crippen molar-refractivity contribution in [1.29, 1.82) is 0 Å². The van der Waals surface area contributed by atoms with Crippen LogP contribution in [-0.2, 0) is 18.3 Å². The average molecular weight is 267 g/mol. The van der Waals surface area contributed by atoms with Crippen LogP contribution in [0.4, 0.5) is 0 Å². The van der Waals surface area contributed by atoms with E-state index in [1.165, 1.54) is 29.9 Å². The van der Waals surface area contributed by atoms with Gasteiger partial charge in [0.2, 0.25) is 0 Å². The van der Waals surface area contributed by atoms with Gasteiger partial charge in [-0.3, -0.25) is 4.68 Å². The standard InChI is InChI=1S/C13H21N3OS/c1-16-9-11(8-15-16)7-14-12-2-4-17-13(6-12)3-5-18-10-13/h8-9,12,14H,2-7,10H2,1H3. The molecule has 4 nitrogen and oxygen atoms in total. The van der Waals surface area contributed by atoms with Crippen LogP contribution in [0.25, 0.3) is 0 Å². The quantitative estimate of drug-likeness (QED) is 0.902. The summed E-state index contributed by atoms with van der Waals surface area (Å²) in [4.78, 5) is 0. The number of nitrogens with one attached hydrogen (secondary N) is 1. The van der Waals surface area contributed by atoms with Gasteiger partial charge in [-0.15, -0.1) is 0 Å². The second-order valence-electron chi connectivity index (χ2n) is 5.43. The maximum absolute atomic E-state index is 6.04. The van der Waals surface area contributed by atoms with E-state index in [-0.39, 0.29) is 5.60 Å². The first-order chi connectivity index (χ1) is 8.76. The van der Waals surface area contributed by atoms with Crippen molar-refractivity contribution in [1.82, 2.24) is 15.1 Å². The van der Waals surface area contributed by atoms with Gasteiger partial charge in [-0.25, -0.2) is 0 Å². The van der Waals surface area contributed by atoms with Gasteiger partial charge in [0.1, 0.15) is 0 Å². The fourth-order valence-corrected chi connectivity index (χ4v) is 4.27. The molecule has 0 aliphatic carbocycles. The average Bonchev–Trinajstić information content (AvgIpc) is 2.97. The molecule has 1 spiro atoms. The Balaban J connectivity index is 1.53. The summed E-state index contributed by atoms with van der Waals surface area (Å²) in [6, 6.07) is 0.595. The van der Waals surface area contributed by atoms with E-state index in [1.54, 1.807) is 0 Å². The molecule has 1 N–H and O–H groups in total. The molecule has 2 fully saturated rings. The molecule has 18 heavy (non-hydrogen) atoms. The van der Waals surface area contributed by atoms with Crippen molar-refractivity contribution in [3.8, 4) is 0 Å². The zero-order chi connectivity index (χ0) is 12.4. The van der Waals surface area contributed by atoms with Crippen molar-refractivity contribution < 1.29 is 4.74 Å². The Hall–Kier alpha value is -0.520. The lowest BCUT2D eigenvalue weighted by Crippen LogP contribution is -2.47. The molecule has 100 valence electrons. The SMILES string of the molecule is Cn1cc(CNC2CCOC3(CCSC3)C2)cn1. The van der Waals surface area contributed by atoms with Crippen LogP contribution >= 0.6 is 11.8 Å². The van der Waals surface area contributed by atoms with Gasteiger partial charge >= 0.3 is 0 Å². The Morgan fingerprint density at radius 3 is 3.33 bits per heavy atom. The number of rotatable bonds is 3. The molecule has 0 saturated carbocycles. The van der Waals surface area contributed by atoms with Gasteiger partial charge < -0.3 is 10.1 Å². The zero-order valence-corrected chi connectivity index (χ0v) is 11.7. The second-order valence-corrected chi connectivity index (χ2v) is 6.53. The van der Waals surface area contributed by atoms with Gasteiger partial charge in [0, 0.05) is 43.8 Å². The van der Waals surface area contributed by atoms with E-state index in [9.17, 15) is 0 Å². The van der Waals surface area contributed by atoms with Crippen LogP contribution in [0.2, 0.25) is 0 Å². The summed E-state index contributed by atoms with van der Waals surface area (Å²) in [5, 5.41) is 7.86. The third kappa shape index (κ3) is 2.73. The smallest absolute Gasteiger partial charge is 0.0795 e. The predicted octanol–water partition coefficient (Wildman–Crippen LogP) is 1.56. The predicted molar refractivity (Wildman–Crippen MR) is 73.7 cm³/mol. The molecule has 3 heterocycles. The number of hydrogen-bond donors (Lipinski definition) is 1. The number of thioether (sulfide) groups is 1. The summed E-state index contributed by atoms with van der Waals surface area (Å²) in [5.74, 6) is 2.44. The maximum atomic E-state index is 6.04. The lowest BCUT2D eigenvalue weighted by molar-refractivity contribution is -0.0703. The van der Waals surface area contributed by atoms with E-state index >= 15 is 0 Å². The first kappa shape index (κ1) is 12.5. The van der Waals surface area contributed by atoms with E-state index in [0.717, 1.165) is 19.6 Å². The second kappa shape index (κ2) is 5.23. The molecular formula is C13H21N3OS. The Morgan fingerprint density at radius 2 is 2.61 bits per heavy atom. The van der Waals surface area contributed by atoms with Crippen molar-refractivity contribution in [3.05, 3.63) is 18.0 Å². The molecular weight excluding hydrogens is 246 g/mol. The van der Waals surface area contributed by atoms with Crippen molar-refractivity contribution in [2.75, 3.05) is 18.1 Å². The molecule has 0 bridgehead atoms. The monoisotopic (exact) mass is 267 g/mol. The highest BCUT2D eigenvalue weighted by Gasteiger charge is 2.40. The minimum absolute atomic E-state index is 0.176. The fraction of sp³-hybridized carbons (Fsp3) is 0.769. The van der Waals surface area contributed by atoms with Gasteiger partial charge in [-0.1, -0.05) is 0 Å². The van der Waals surface area contributed by atoms with Crippen molar-refractivity contribution in [3.63, 3.8) is 0 Å². The number of hydrogen-bond acceptors (Lipinski definition) is 4. The van der Waals surface area contributed by atoms with Crippen LogP contribution < -0.4 is 5.32 Å². The van der Waals surface area contributed by atoms with Crippen molar-refractivity contribution >= 4 is 11.8 Å². The number of aromatic nitrogens is 2. The normalized spacial score (nSPS) is 32.2. The van der Waals surface area contributed by atoms with Gasteiger partial charge in [0.15, 0.2) is 0 Å². The van der Waals surface area contributed by atoms with Crippen molar-refractivity contribution in [2.45, 2.75) is 37.5 Å². The van der Waals surface area contributed by atoms with Gasteiger partial charge in [0.25, 0.3) is 0 Å². The Kier molecular flexibility index (Phi) is 3.63. The van der Waals surface area contributed by atoms with Crippen LogP contribution in [0.1, 0.15) is 24.8 Å². The summed E-state index contributed by atoms with van der Waals surface area (Å²) in [6.07, 6.45) is 7.54. The highest BCUT2D eigenvalue weighted by molar-refractivity contribution is 7.99. The molecule has 2 aliphatic heterocycles. The van der Waals surface area contributed by atoms with Crippen molar-refractivity contribution in [2.24, 2.45) is 7.05 Å². The Labute approximate surface area is 112 Å². The van der Waals surface area contributed by atoms with E-state index < -0.39 is 0 Å². The molecule has 2 saturated heterocycles. The minimum Gasteiger partial charge on any atom is -0.374 e. The maximum Gasteiger partial charge on any atom is 0.0795 e. The summed E-state index contributed by atoms with van der Waals surface area (Å²) >= 11 is 2.03. The molecule has 2 atom stereocenters. The van der Waals surface area contributed by atoms with Crippen LogP contribution in [0, 0.1) is 0 Å². The summed E-state index contributed by atoms with van der Waals surface area (Å²) in [7, 11) is 1.96. The van der Waals surface area contributed by atoms with E-state index in [1.807, 2.05) is 29.7 Å². The Bertz CT molecular complexity index is 401. The summed E-state index contributed by atoms with van der Waals surface area (Å²) in [5.41, 5.74) is 1.44. The minimum atomic E-state index is 0.176. The molecule has 1 aromatic rings. The Morgan fingerprint density at radius 1 is 1.67 bits per heavy atom. The lowest BCUT2D eigenvalue weighted by atomic mass is 9.90. The third-order valence-electron chi connectivity index (χ3n) is 3.91. The number of ether oxygens (including phenoxy) is 1. The molecule has 1 aromatic heterocycles. The summed E-state index contributed by atoms with van der Waals surface area (Å²) < 4.78 is 7.89. The van der Waals surface area contributed by atoms with Crippen LogP contribution in [0.5, 0.6) is 0 Å². The first-order valence-electron chi connectivity index (χ1n) is 6.68. The fourth-order valence-electron chi connectivity index (χ4n) is 2.89. The van der Waals surface area contributed by atoms with E-state index in [4.69, 9.17) is 4.74 Å². The first-order valence-corrected chi connectivity index (χ1v) is 7.84. The molecule has 3 rings (SSSR count). The van der Waals surface area contributed by atoms with Gasteiger partial charge in [-0.2, -0.15) is 16.9 Å².